The Morgan fingerprint density at radius 1 is 0.923 bits per heavy atom. The number of rotatable bonds is 0. The quantitative estimate of drug-likeness (QED) is 0.629. The summed E-state index contributed by atoms with van der Waals surface area (Å²) in [5, 5.41) is 9.19. The molecule has 0 saturated heterocycles. The van der Waals surface area contributed by atoms with Gasteiger partial charge in [-0.25, -0.2) is 0 Å². The van der Waals surface area contributed by atoms with Crippen LogP contribution in [0.3, 0.4) is 0 Å². The Hall–Kier alpha value is 0.450. The van der Waals surface area contributed by atoms with Gasteiger partial charge in [-0.3, -0.25) is 0 Å². The van der Waals surface area contributed by atoms with Gasteiger partial charge >= 0.3 is 0 Å². The molecule has 6 rings (SSSR count). The van der Waals surface area contributed by atoms with Crippen LogP contribution in [0.2, 0.25) is 0 Å². The van der Waals surface area contributed by atoms with Crippen molar-refractivity contribution in [2.45, 2.75) is 8.65 Å². The standard InChI is InChI=1S/C10H7Br2N/c11-9-2(1-13)3-4-6(9)8-7(9)5(3)10(4,8)12/h2-8H/t2-,3?,4+,5+,6-,7+,8?,9?,10?/m0/s1. The molecule has 6 aliphatic carbocycles. The molecule has 6 saturated carbocycles. The van der Waals surface area contributed by atoms with Crippen molar-refractivity contribution in [3.63, 3.8) is 0 Å². The van der Waals surface area contributed by atoms with Gasteiger partial charge in [0.05, 0.1) is 12.0 Å². The van der Waals surface area contributed by atoms with Crippen LogP contribution in [0.5, 0.6) is 0 Å². The van der Waals surface area contributed by atoms with Crippen molar-refractivity contribution < 1.29 is 0 Å². The summed E-state index contributed by atoms with van der Waals surface area (Å²) in [7, 11) is 0. The Morgan fingerprint density at radius 3 is 1.92 bits per heavy atom. The maximum absolute atomic E-state index is 9.19. The predicted octanol–water partition coefficient (Wildman–Crippen LogP) is 2.16. The third-order valence-electron chi connectivity index (χ3n) is 5.93. The third-order valence-corrected chi connectivity index (χ3v) is 9.07. The number of alkyl halides is 2. The van der Waals surface area contributed by atoms with Crippen molar-refractivity contribution in [3.8, 4) is 6.07 Å². The topological polar surface area (TPSA) is 23.8 Å². The zero-order valence-corrected chi connectivity index (χ0v) is 9.92. The van der Waals surface area contributed by atoms with Crippen LogP contribution in [0.4, 0.5) is 0 Å². The molecule has 9 atom stereocenters. The Bertz CT molecular complexity index is 392. The van der Waals surface area contributed by atoms with Gasteiger partial charge in [0.2, 0.25) is 0 Å². The van der Waals surface area contributed by atoms with Gasteiger partial charge in [0.1, 0.15) is 0 Å². The molecule has 4 unspecified atom stereocenters. The van der Waals surface area contributed by atoms with Crippen molar-refractivity contribution in [3.05, 3.63) is 0 Å². The zero-order chi connectivity index (χ0) is 8.75. The van der Waals surface area contributed by atoms with Crippen LogP contribution in [0.25, 0.3) is 0 Å². The van der Waals surface area contributed by atoms with Crippen molar-refractivity contribution in [2.24, 2.45) is 41.4 Å². The van der Waals surface area contributed by atoms with E-state index >= 15 is 0 Å². The molecule has 0 aromatic rings. The number of hydrogen-bond acceptors (Lipinski definition) is 1. The summed E-state index contributed by atoms with van der Waals surface area (Å²) < 4.78 is 0.817. The summed E-state index contributed by atoms with van der Waals surface area (Å²) in [6.45, 7) is 0. The Morgan fingerprint density at radius 2 is 1.46 bits per heavy atom. The second-order valence-corrected chi connectivity index (χ2v) is 8.21. The van der Waals surface area contributed by atoms with Gasteiger partial charge in [0, 0.05) is 8.65 Å². The smallest absolute Gasteiger partial charge is 0.0673 e. The summed E-state index contributed by atoms with van der Waals surface area (Å²) >= 11 is 7.82. The summed E-state index contributed by atoms with van der Waals surface area (Å²) in [6.07, 6.45) is 0. The normalized spacial score (nSPS) is 88.5. The van der Waals surface area contributed by atoms with E-state index in [0.29, 0.717) is 10.2 Å². The minimum absolute atomic E-state index is 0.280. The van der Waals surface area contributed by atoms with Crippen LogP contribution < -0.4 is 0 Å². The Labute approximate surface area is 93.1 Å². The summed E-state index contributed by atoms with van der Waals surface area (Å²) in [4.78, 5) is 0. The highest BCUT2D eigenvalue weighted by atomic mass is 79.9. The molecule has 0 aliphatic heterocycles. The summed E-state index contributed by atoms with van der Waals surface area (Å²) in [6, 6.07) is 2.55. The van der Waals surface area contributed by atoms with E-state index in [1.165, 1.54) is 0 Å². The van der Waals surface area contributed by atoms with E-state index in [4.69, 9.17) is 0 Å². The molecule has 0 spiro atoms. The average molecular weight is 301 g/mol. The minimum atomic E-state index is 0.280. The highest BCUT2D eigenvalue weighted by molar-refractivity contribution is 9.10. The molecule has 0 aromatic carbocycles. The third kappa shape index (κ3) is 0.308. The fourth-order valence-corrected chi connectivity index (χ4v) is 9.18. The molecule has 0 heterocycles. The monoisotopic (exact) mass is 299 g/mol. The van der Waals surface area contributed by atoms with E-state index < -0.39 is 0 Å². The molecule has 2 bridgehead atoms. The lowest BCUT2D eigenvalue weighted by atomic mass is 9.20. The fourth-order valence-electron chi connectivity index (χ4n) is 5.89. The first-order valence-corrected chi connectivity index (χ1v) is 6.54. The van der Waals surface area contributed by atoms with Gasteiger partial charge in [-0.05, 0) is 35.5 Å². The van der Waals surface area contributed by atoms with Crippen molar-refractivity contribution >= 4 is 31.9 Å². The van der Waals surface area contributed by atoms with Crippen LogP contribution in [0, 0.1) is 52.8 Å². The molecule has 6 fully saturated rings. The van der Waals surface area contributed by atoms with Crippen molar-refractivity contribution in [2.75, 3.05) is 0 Å². The lowest BCUT2D eigenvalue weighted by molar-refractivity contribution is -0.337. The minimum Gasteiger partial charge on any atom is -0.198 e. The number of halogens is 2. The first-order chi connectivity index (χ1) is 6.18. The lowest BCUT2D eigenvalue weighted by Gasteiger charge is -2.90. The number of nitriles is 1. The molecule has 0 N–H and O–H groups in total. The molecule has 6 aliphatic rings. The van der Waals surface area contributed by atoms with Gasteiger partial charge in [-0.2, -0.15) is 5.26 Å². The van der Waals surface area contributed by atoms with E-state index in [2.05, 4.69) is 37.9 Å². The van der Waals surface area contributed by atoms with Crippen molar-refractivity contribution in [1.29, 1.82) is 5.26 Å². The summed E-state index contributed by atoms with van der Waals surface area (Å²) in [5.74, 6) is 5.46. The maximum atomic E-state index is 9.19. The Balaban J connectivity index is 1.81. The lowest BCUT2D eigenvalue weighted by Crippen LogP contribution is -2.93. The van der Waals surface area contributed by atoms with Crippen LogP contribution in [-0.4, -0.2) is 8.65 Å². The Kier molecular flexibility index (Phi) is 0.724. The zero-order valence-electron chi connectivity index (χ0n) is 6.74. The van der Waals surface area contributed by atoms with E-state index in [1.54, 1.807) is 0 Å². The molecule has 1 nitrogen and oxygen atoms in total. The van der Waals surface area contributed by atoms with Gasteiger partial charge in [0.25, 0.3) is 0 Å². The molecule has 3 heteroatoms. The highest BCUT2D eigenvalue weighted by Crippen LogP contribution is 3.02. The van der Waals surface area contributed by atoms with Crippen LogP contribution in [-0.2, 0) is 0 Å². The van der Waals surface area contributed by atoms with Gasteiger partial charge in [0.15, 0.2) is 0 Å². The molecule has 66 valence electrons. The molecular weight excluding hydrogens is 294 g/mol. The SMILES string of the molecule is N#C[C@H]1C2[C@@H]3[C@H]4C5[C@@H]([C@@H]2C53Br)C41Br. The molecule has 0 amide bonds. The molecule has 13 heavy (non-hydrogen) atoms. The second kappa shape index (κ2) is 1.38. The first kappa shape index (κ1) is 6.85. The fraction of sp³-hybridized carbons (Fsp3) is 0.900. The summed E-state index contributed by atoms with van der Waals surface area (Å²) in [5.41, 5.74) is 0. The average Bonchev–Trinajstić information content (AvgIpc) is 2.28. The predicted molar refractivity (Wildman–Crippen MR) is 53.4 cm³/mol. The van der Waals surface area contributed by atoms with Crippen LogP contribution >= 0.6 is 31.9 Å². The van der Waals surface area contributed by atoms with E-state index in [1.807, 2.05) is 0 Å². The number of hydrogen-bond donors (Lipinski definition) is 0. The van der Waals surface area contributed by atoms with Gasteiger partial charge < -0.3 is 0 Å². The van der Waals surface area contributed by atoms with E-state index in [0.717, 1.165) is 35.5 Å². The van der Waals surface area contributed by atoms with E-state index in [-0.39, 0.29) is 4.32 Å². The number of nitrogens with zero attached hydrogens (tertiary/aromatic N) is 1. The van der Waals surface area contributed by atoms with Crippen LogP contribution in [0.1, 0.15) is 0 Å². The van der Waals surface area contributed by atoms with Gasteiger partial charge in [-0.1, -0.05) is 31.9 Å². The van der Waals surface area contributed by atoms with Crippen LogP contribution in [0.15, 0.2) is 0 Å². The molecule has 0 radical (unpaired) electrons. The van der Waals surface area contributed by atoms with Gasteiger partial charge in [-0.15, -0.1) is 0 Å². The maximum Gasteiger partial charge on any atom is 0.0673 e. The van der Waals surface area contributed by atoms with Crippen molar-refractivity contribution in [1.82, 2.24) is 0 Å². The first-order valence-electron chi connectivity index (χ1n) is 4.96. The molecular formula is C10H7Br2N. The second-order valence-electron chi connectivity index (χ2n) is 5.47. The highest BCUT2D eigenvalue weighted by Gasteiger charge is 3.04. The largest absolute Gasteiger partial charge is 0.198 e. The molecule has 0 aromatic heterocycles. The van der Waals surface area contributed by atoms with E-state index in [9.17, 15) is 5.26 Å².